The first-order valence-electron chi connectivity index (χ1n) is 6.35. The molecule has 0 amide bonds. The molecule has 16 heavy (non-hydrogen) atoms. The molecule has 0 bridgehead atoms. The van der Waals surface area contributed by atoms with E-state index in [0.29, 0.717) is 5.92 Å². The SMILES string of the molecule is COC(=O)C1(C2(O)CCCC(C)CC2)CC1. The smallest absolute Gasteiger partial charge is 0.314 e. The molecule has 2 rings (SSSR count). The van der Waals surface area contributed by atoms with Crippen LogP contribution in [-0.4, -0.2) is 23.8 Å². The number of carbonyl (C=O) groups is 1. The molecule has 0 saturated heterocycles. The van der Waals surface area contributed by atoms with Gasteiger partial charge in [0.15, 0.2) is 0 Å². The molecule has 0 aromatic carbocycles. The highest BCUT2D eigenvalue weighted by Gasteiger charge is 2.64. The number of hydrogen-bond acceptors (Lipinski definition) is 3. The summed E-state index contributed by atoms with van der Waals surface area (Å²) in [6.07, 6.45) is 6.32. The first kappa shape index (κ1) is 11.9. The van der Waals surface area contributed by atoms with E-state index in [2.05, 4.69) is 6.92 Å². The molecule has 0 spiro atoms. The lowest BCUT2D eigenvalue weighted by molar-refractivity contribution is -0.161. The molecule has 2 atom stereocenters. The number of esters is 1. The maximum atomic E-state index is 11.8. The van der Waals surface area contributed by atoms with Gasteiger partial charge in [0.25, 0.3) is 0 Å². The van der Waals surface area contributed by atoms with Crippen molar-refractivity contribution in [3.8, 4) is 0 Å². The molecule has 0 aromatic heterocycles. The van der Waals surface area contributed by atoms with Crippen LogP contribution in [0.3, 0.4) is 0 Å². The lowest BCUT2D eigenvalue weighted by Crippen LogP contribution is -2.44. The van der Waals surface area contributed by atoms with Crippen molar-refractivity contribution in [3.63, 3.8) is 0 Å². The van der Waals surface area contributed by atoms with Crippen LogP contribution in [0.2, 0.25) is 0 Å². The fraction of sp³-hybridized carbons (Fsp3) is 0.923. The molecule has 3 nitrogen and oxygen atoms in total. The van der Waals surface area contributed by atoms with E-state index >= 15 is 0 Å². The molecular weight excluding hydrogens is 204 g/mol. The maximum Gasteiger partial charge on any atom is 0.314 e. The van der Waals surface area contributed by atoms with Gasteiger partial charge in [-0.25, -0.2) is 0 Å². The second-order valence-electron chi connectivity index (χ2n) is 5.64. The van der Waals surface area contributed by atoms with E-state index in [-0.39, 0.29) is 5.97 Å². The molecule has 2 aliphatic carbocycles. The van der Waals surface area contributed by atoms with E-state index in [1.54, 1.807) is 0 Å². The van der Waals surface area contributed by atoms with Crippen molar-refractivity contribution in [2.75, 3.05) is 7.11 Å². The second kappa shape index (κ2) is 4.02. The van der Waals surface area contributed by atoms with Crippen molar-refractivity contribution in [2.45, 2.75) is 57.5 Å². The van der Waals surface area contributed by atoms with Crippen LogP contribution in [-0.2, 0) is 9.53 Å². The Morgan fingerprint density at radius 1 is 1.25 bits per heavy atom. The quantitative estimate of drug-likeness (QED) is 0.580. The first-order chi connectivity index (χ1) is 7.54. The molecule has 0 heterocycles. The molecule has 0 aromatic rings. The molecule has 92 valence electrons. The minimum atomic E-state index is -0.801. The third-order valence-corrected chi connectivity index (χ3v) is 4.55. The van der Waals surface area contributed by atoms with Crippen molar-refractivity contribution in [1.29, 1.82) is 0 Å². The summed E-state index contributed by atoms with van der Waals surface area (Å²) >= 11 is 0. The third kappa shape index (κ3) is 1.75. The summed E-state index contributed by atoms with van der Waals surface area (Å²) in [5.74, 6) is 0.465. The Morgan fingerprint density at radius 2 is 1.94 bits per heavy atom. The Bertz CT molecular complexity index is 283. The highest BCUT2D eigenvalue weighted by atomic mass is 16.5. The van der Waals surface area contributed by atoms with Crippen LogP contribution < -0.4 is 0 Å². The summed E-state index contributed by atoms with van der Waals surface area (Å²) in [4.78, 5) is 11.8. The van der Waals surface area contributed by atoms with Gasteiger partial charge in [0, 0.05) is 0 Å². The largest absolute Gasteiger partial charge is 0.469 e. The number of ether oxygens (including phenoxy) is 1. The molecule has 1 N–H and O–H groups in total. The van der Waals surface area contributed by atoms with Crippen LogP contribution in [0, 0.1) is 11.3 Å². The van der Waals surface area contributed by atoms with Crippen molar-refractivity contribution < 1.29 is 14.6 Å². The molecule has 0 aliphatic heterocycles. The molecular formula is C13H22O3. The van der Waals surface area contributed by atoms with Crippen molar-refractivity contribution in [1.82, 2.24) is 0 Å². The van der Waals surface area contributed by atoms with Crippen LogP contribution in [0.25, 0.3) is 0 Å². The Hall–Kier alpha value is -0.570. The molecule has 2 fully saturated rings. The van der Waals surface area contributed by atoms with Crippen molar-refractivity contribution >= 4 is 5.97 Å². The van der Waals surface area contributed by atoms with Gasteiger partial charge in [-0.1, -0.05) is 19.8 Å². The van der Waals surface area contributed by atoms with Gasteiger partial charge in [-0.15, -0.1) is 0 Å². The topological polar surface area (TPSA) is 46.5 Å². The Kier molecular flexibility index (Phi) is 2.99. The van der Waals surface area contributed by atoms with Crippen LogP contribution in [0.5, 0.6) is 0 Å². The lowest BCUT2D eigenvalue weighted by atomic mass is 9.78. The number of hydrogen-bond donors (Lipinski definition) is 1. The standard InChI is InChI=1S/C13H22O3/c1-10-4-3-6-13(15,7-5-10)12(8-9-12)11(14)16-2/h10,15H,3-9H2,1-2H3. The molecule has 3 heteroatoms. The molecule has 2 saturated carbocycles. The van der Waals surface area contributed by atoms with E-state index in [9.17, 15) is 9.90 Å². The average Bonchev–Trinajstić information content (AvgIpc) is 3.06. The summed E-state index contributed by atoms with van der Waals surface area (Å²) < 4.78 is 4.86. The Labute approximate surface area is 97.2 Å². The molecule has 2 aliphatic rings. The molecule has 2 unspecified atom stereocenters. The summed E-state index contributed by atoms with van der Waals surface area (Å²) in [5.41, 5.74) is -1.36. The number of aliphatic hydroxyl groups is 1. The van der Waals surface area contributed by atoms with E-state index in [0.717, 1.165) is 38.5 Å². The fourth-order valence-corrected chi connectivity index (χ4v) is 3.16. The highest BCUT2D eigenvalue weighted by molar-refractivity contribution is 5.81. The third-order valence-electron chi connectivity index (χ3n) is 4.55. The van der Waals surface area contributed by atoms with Crippen LogP contribution in [0.15, 0.2) is 0 Å². The van der Waals surface area contributed by atoms with Gasteiger partial charge in [0.05, 0.1) is 18.1 Å². The minimum Gasteiger partial charge on any atom is -0.469 e. The zero-order valence-corrected chi connectivity index (χ0v) is 10.3. The molecule has 0 radical (unpaired) electrons. The van der Waals surface area contributed by atoms with Gasteiger partial charge in [0.2, 0.25) is 0 Å². The Morgan fingerprint density at radius 3 is 2.50 bits per heavy atom. The minimum absolute atomic E-state index is 0.204. The van der Waals surface area contributed by atoms with E-state index in [4.69, 9.17) is 4.74 Å². The normalized spacial score (nSPS) is 37.6. The summed E-state index contributed by atoms with van der Waals surface area (Å²) in [5, 5.41) is 10.8. The van der Waals surface area contributed by atoms with Gasteiger partial charge in [-0.2, -0.15) is 0 Å². The predicted molar refractivity (Wildman–Crippen MR) is 60.9 cm³/mol. The summed E-state index contributed by atoms with van der Waals surface area (Å²) in [6.45, 7) is 2.23. The van der Waals surface area contributed by atoms with Gasteiger partial charge >= 0.3 is 5.97 Å². The predicted octanol–water partition coefficient (Wildman–Crippen LogP) is 2.27. The van der Waals surface area contributed by atoms with Gasteiger partial charge in [-0.05, 0) is 38.0 Å². The maximum absolute atomic E-state index is 11.8. The highest BCUT2D eigenvalue weighted by Crippen LogP contribution is 2.59. The van der Waals surface area contributed by atoms with E-state index in [1.165, 1.54) is 13.5 Å². The number of carbonyl (C=O) groups excluding carboxylic acids is 1. The van der Waals surface area contributed by atoms with Crippen molar-refractivity contribution in [2.24, 2.45) is 11.3 Å². The summed E-state index contributed by atoms with van der Waals surface area (Å²) in [7, 11) is 1.42. The van der Waals surface area contributed by atoms with E-state index < -0.39 is 11.0 Å². The zero-order valence-electron chi connectivity index (χ0n) is 10.3. The van der Waals surface area contributed by atoms with Crippen LogP contribution in [0.4, 0.5) is 0 Å². The summed E-state index contributed by atoms with van der Waals surface area (Å²) in [6, 6.07) is 0. The monoisotopic (exact) mass is 226 g/mol. The first-order valence-corrected chi connectivity index (χ1v) is 6.35. The lowest BCUT2D eigenvalue weighted by Gasteiger charge is -2.34. The van der Waals surface area contributed by atoms with Crippen LogP contribution >= 0.6 is 0 Å². The van der Waals surface area contributed by atoms with E-state index in [1.807, 2.05) is 0 Å². The second-order valence-corrected chi connectivity index (χ2v) is 5.64. The Balaban J connectivity index is 2.15. The number of methoxy groups -OCH3 is 1. The van der Waals surface area contributed by atoms with Gasteiger partial charge < -0.3 is 9.84 Å². The fourth-order valence-electron chi connectivity index (χ4n) is 3.16. The van der Waals surface area contributed by atoms with Crippen LogP contribution in [0.1, 0.15) is 51.9 Å². The van der Waals surface area contributed by atoms with Crippen molar-refractivity contribution in [3.05, 3.63) is 0 Å². The average molecular weight is 226 g/mol. The van der Waals surface area contributed by atoms with Gasteiger partial charge in [-0.3, -0.25) is 4.79 Å². The number of rotatable bonds is 2. The van der Waals surface area contributed by atoms with Gasteiger partial charge in [0.1, 0.15) is 0 Å². The zero-order chi connectivity index (χ0) is 11.8.